The van der Waals surface area contributed by atoms with Gasteiger partial charge in [-0.05, 0) is 6.42 Å². The van der Waals surface area contributed by atoms with Crippen LogP contribution in [-0.2, 0) is 20.6 Å². The lowest BCUT2D eigenvalue weighted by molar-refractivity contribution is -0.140. The van der Waals surface area contributed by atoms with Crippen molar-refractivity contribution in [3.8, 4) is 0 Å². The Balaban J connectivity index is 3.06. The van der Waals surface area contributed by atoms with E-state index in [1.54, 1.807) is 0 Å². The minimum absolute atomic E-state index is 0.0489. The van der Waals surface area contributed by atoms with Gasteiger partial charge in [-0.2, -0.15) is 0 Å². The average Bonchev–Trinajstić information content (AvgIpc) is 1.79. The third-order valence-electron chi connectivity index (χ3n) is 0.761. The van der Waals surface area contributed by atoms with Gasteiger partial charge in [0.1, 0.15) is 0 Å². The molecule has 60 valence electrons. The topological polar surface area (TPSA) is 66.4 Å². The van der Waals surface area contributed by atoms with Crippen molar-refractivity contribution < 1.29 is 18.3 Å². The van der Waals surface area contributed by atoms with Gasteiger partial charge < -0.3 is 9.29 Å². The maximum absolute atomic E-state index is 10.1. The van der Waals surface area contributed by atoms with Gasteiger partial charge in [0, 0.05) is 12.7 Å². The predicted octanol–water partition coefficient (Wildman–Crippen LogP) is -0.181. The second kappa shape index (κ2) is 5.37. The van der Waals surface area contributed by atoms with Gasteiger partial charge in [-0.15, -0.1) is 0 Å². The summed E-state index contributed by atoms with van der Waals surface area (Å²) in [7, 11) is 0. The third kappa shape index (κ3) is 7.58. The molecule has 0 N–H and O–H groups in total. The molecular formula is C5H9O4S-. The van der Waals surface area contributed by atoms with Gasteiger partial charge in [-0.3, -0.25) is 9.00 Å². The first-order valence-corrected chi connectivity index (χ1v) is 4.06. The lowest BCUT2D eigenvalue weighted by Gasteiger charge is -2.03. The van der Waals surface area contributed by atoms with Crippen LogP contribution in [0.1, 0.15) is 13.3 Å². The predicted molar refractivity (Wildman–Crippen MR) is 35.0 cm³/mol. The van der Waals surface area contributed by atoms with Crippen LogP contribution in [-0.4, -0.2) is 27.1 Å². The molecular weight excluding hydrogens is 156 g/mol. The molecule has 0 saturated heterocycles. The Hall–Kier alpha value is -0.420. The summed E-state index contributed by atoms with van der Waals surface area (Å²) in [5.41, 5.74) is 0. The summed E-state index contributed by atoms with van der Waals surface area (Å²) in [5.74, 6) is -0.329. The van der Waals surface area contributed by atoms with Crippen LogP contribution in [0.15, 0.2) is 0 Å². The van der Waals surface area contributed by atoms with Crippen molar-refractivity contribution in [3.63, 3.8) is 0 Å². The summed E-state index contributed by atoms with van der Waals surface area (Å²) in [6, 6.07) is 0. The molecule has 0 heterocycles. The molecule has 0 saturated carbocycles. The molecule has 5 heteroatoms. The van der Waals surface area contributed by atoms with Crippen LogP contribution in [0.4, 0.5) is 0 Å². The van der Waals surface area contributed by atoms with E-state index in [0.29, 0.717) is 6.42 Å². The van der Waals surface area contributed by atoms with E-state index in [2.05, 4.69) is 4.74 Å². The molecule has 10 heavy (non-hydrogen) atoms. The first-order chi connectivity index (χ1) is 4.63. The van der Waals surface area contributed by atoms with Crippen LogP contribution >= 0.6 is 0 Å². The Morgan fingerprint density at radius 1 is 1.70 bits per heavy atom. The van der Waals surface area contributed by atoms with E-state index in [4.69, 9.17) is 0 Å². The van der Waals surface area contributed by atoms with E-state index < -0.39 is 11.1 Å². The minimum atomic E-state index is -2.02. The fourth-order valence-corrected chi connectivity index (χ4v) is 0.746. The minimum Gasteiger partial charge on any atom is -0.772 e. The van der Waals surface area contributed by atoms with Gasteiger partial charge in [0.15, 0.2) is 0 Å². The maximum atomic E-state index is 10.1. The molecule has 0 fully saturated rings. The van der Waals surface area contributed by atoms with Gasteiger partial charge in [0.25, 0.3) is 0 Å². The van der Waals surface area contributed by atoms with Gasteiger partial charge in [0.05, 0.1) is 6.61 Å². The van der Waals surface area contributed by atoms with Crippen LogP contribution in [0.2, 0.25) is 0 Å². The second-order valence-electron chi connectivity index (χ2n) is 1.70. The van der Waals surface area contributed by atoms with Crippen molar-refractivity contribution in [2.75, 3.05) is 12.4 Å². The van der Waals surface area contributed by atoms with E-state index >= 15 is 0 Å². The molecule has 0 aliphatic carbocycles. The van der Waals surface area contributed by atoms with Crippen molar-refractivity contribution in [1.82, 2.24) is 0 Å². The van der Waals surface area contributed by atoms with E-state index in [0.717, 1.165) is 0 Å². The summed E-state index contributed by atoms with van der Waals surface area (Å²) in [6.07, 6.45) is 0.371. The molecule has 1 unspecified atom stereocenters. The lowest BCUT2D eigenvalue weighted by atomic mass is 10.5. The Bertz CT molecular complexity index is 118. The zero-order valence-electron chi connectivity index (χ0n) is 5.66. The molecule has 0 aliphatic heterocycles. The Morgan fingerprint density at radius 2 is 2.30 bits per heavy atom. The van der Waals surface area contributed by atoms with Crippen molar-refractivity contribution in [2.45, 2.75) is 13.3 Å². The summed E-state index contributed by atoms with van der Waals surface area (Å²) < 4.78 is 24.3. The standard InChI is InChI=1S/C5H10O4S/c1-5(6)9-3-2-4-10(7)8/h2-4H2,1H3,(H,7,8)/p-1. The van der Waals surface area contributed by atoms with Gasteiger partial charge in [-0.1, -0.05) is 11.1 Å². The van der Waals surface area contributed by atoms with Crippen LogP contribution in [0, 0.1) is 0 Å². The van der Waals surface area contributed by atoms with E-state index in [-0.39, 0.29) is 18.3 Å². The molecule has 1 atom stereocenters. The fraction of sp³-hybridized carbons (Fsp3) is 0.800. The van der Waals surface area contributed by atoms with E-state index in [9.17, 15) is 13.6 Å². The average molecular weight is 165 g/mol. The van der Waals surface area contributed by atoms with Crippen LogP contribution in [0.25, 0.3) is 0 Å². The Labute approximate surface area is 61.9 Å². The van der Waals surface area contributed by atoms with Crippen LogP contribution < -0.4 is 0 Å². The molecule has 0 amide bonds. The molecule has 0 aromatic rings. The molecule has 0 aromatic carbocycles. The van der Waals surface area contributed by atoms with E-state index in [1.807, 2.05) is 0 Å². The smallest absolute Gasteiger partial charge is 0.302 e. The number of esters is 1. The molecule has 0 bridgehead atoms. The summed E-state index contributed by atoms with van der Waals surface area (Å²) in [5, 5.41) is 0. The summed E-state index contributed by atoms with van der Waals surface area (Å²) >= 11 is -2.02. The molecule has 0 aliphatic rings. The molecule has 0 radical (unpaired) electrons. The number of hydrogen-bond donors (Lipinski definition) is 0. The number of carbonyl (C=O) groups excluding carboxylic acids is 1. The van der Waals surface area contributed by atoms with E-state index in [1.165, 1.54) is 6.92 Å². The van der Waals surface area contributed by atoms with Crippen molar-refractivity contribution >= 4 is 17.0 Å². The number of carbonyl (C=O) groups is 1. The van der Waals surface area contributed by atoms with Crippen molar-refractivity contribution in [1.29, 1.82) is 0 Å². The SMILES string of the molecule is CC(=O)OCCCS(=O)[O-]. The molecule has 0 aromatic heterocycles. The van der Waals surface area contributed by atoms with Crippen molar-refractivity contribution in [2.24, 2.45) is 0 Å². The van der Waals surface area contributed by atoms with Gasteiger partial charge >= 0.3 is 5.97 Å². The number of ether oxygens (including phenoxy) is 1. The van der Waals surface area contributed by atoms with Crippen LogP contribution in [0.5, 0.6) is 0 Å². The summed E-state index contributed by atoms with van der Waals surface area (Å²) in [6.45, 7) is 1.47. The van der Waals surface area contributed by atoms with Crippen molar-refractivity contribution in [3.05, 3.63) is 0 Å². The second-order valence-corrected chi connectivity index (χ2v) is 2.72. The maximum Gasteiger partial charge on any atom is 0.302 e. The lowest BCUT2D eigenvalue weighted by Crippen LogP contribution is -2.04. The fourth-order valence-electron chi connectivity index (χ4n) is 0.393. The number of hydrogen-bond acceptors (Lipinski definition) is 4. The van der Waals surface area contributed by atoms with Gasteiger partial charge in [-0.25, -0.2) is 0 Å². The van der Waals surface area contributed by atoms with Gasteiger partial charge in [0.2, 0.25) is 0 Å². The summed E-state index contributed by atoms with van der Waals surface area (Å²) in [4.78, 5) is 10.1. The first kappa shape index (κ1) is 9.58. The molecule has 0 rings (SSSR count). The quantitative estimate of drug-likeness (QED) is 0.329. The molecule has 4 nitrogen and oxygen atoms in total. The number of rotatable bonds is 4. The highest BCUT2D eigenvalue weighted by atomic mass is 32.2. The monoisotopic (exact) mass is 165 g/mol. The highest BCUT2D eigenvalue weighted by Gasteiger charge is 1.91. The Kier molecular flexibility index (Phi) is 5.15. The highest BCUT2D eigenvalue weighted by Crippen LogP contribution is 1.85. The first-order valence-electron chi connectivity index (χ1n) is 2.82. The normalized spacial score (nSPS) is 12.6. The Morgan fingerprint density at radius 3 is 2.70 bits per heavy atom. The zero-order valence-corrected chi connectivity index (χ0v) is 6.48. The zero-order chi connectivity index (χ0) is 7.98. The largest absolute Gasteiger partial charge is 0.772 e. The third-order valence-corrected chi connectivity index (χ3v) is 1.38. The highest BCUT2D eigenvalue weighted by molar-refractivity contribution is 7.79. The molecule has 0 spiro atoms. The van der Waals surface area contributed by atoms with Crippen LogP contribution in [0.3, 0.4) is 0 Å².